The molecule has 2 unspecified atom stereocenters. The number of hydrogen-bond donors (Lipinski definition) is 3. The standard InChI is InChI=1S/C11H17N3OS/c1-6-4-9(11(12)13)5-10(14-6)16-8(3)7(2)15/h4-5,7-8,15H,1-3H3,(H3,12,13). The van der Waals surface area contributed by atoms with Crippen molar-refractivity contribution in [3.63, 3.8) is 0 Å². The van der Waals surface area contributed by atoms with Gasteiger partial charge in [-0.15, -0.1) is 11.8 Å². The lowest BCUT2D eigenvalue weighted by atomic mass is 10.2. The summed E-state index contributed by atoms with van der Waals surface area (Å²) >= 11 is 1.48. The first kappa shape index (κ1) is 13.0. The molecule has 2 atom stereocenters. The smallest absolute Gasteiger partial charge is 0.122 e. The number of thioether (sulfide) groups is 1. The first-order valence-electron chi connectivity index (χ1n) is 5.08. The highest BCUT2D eigenvalue weighted by Gasteiger charge is 2.12. The van der Waals surface area contributed by atoms with Gasteiger partial charge in [0.15, 0.2) is 0 Å². The van der Waals surface area contributed by atoms with E-state index in [0.29, 0.717) is 5.56 Å². The molecule has 0 saturated carbocycles. The van der Waals surface area contributed by atoms with E-state index in [9.17, 15) is 5.11 Å². The minimum Gasteiger partial charge on any atom is -0.392 e. The Hall–Kier alpha value is -1.07. The monoisotopic (exact) mass is 239 g/mol. The summed E-state index contributed by atoms with van der Waals surface area (Å²) in [5.74, 6) is 0.0389. The Bertz CT molecular complexity index is 393. The van der Waals surface area contributed by atoms with Crippen molar-refractivity contribution in [2.45, 2.75) is 37.2 Å². The lowest BCUT2D eigenvalue weighted by molar-refractivity contribution is 0.196. The van der Waals surface area contributed by atoms with Gasteiger partial charge in [0, 0.05) is 16.5 Å². The van der Waals surface area contributed by atoms with E-state index in [-0.39, 0.29) is 11.1 Å². The van der Waals surface area contributed by atoms with Crippen LogP contribution in [0.1, 0.15) is 25.1 Å². The zero-order chi connectivity index (χ0) is 12.3. The van der Waals surface area contributed by atoms with E-state index in [4.69, 9.17) is 11.1 Å². The van der Waals surface area contributed by atoms with Gasteiger partial charge in [0.05, 0.1) is 11.1 Å². The van der Waals surface area contributed by atoms with Gasteiger partial charge in [-0.1, -0.05) is 6.92 Å². The number of aliphatic hydroxyl groups excluding tert-OH is 1. The Kier molecular flexibility index (Phi) is 4.32. The van der Waals surface area contributed by atoms with Crippen molar-refractivity contribution in [3.8, 4) is 0 Å². The molecule has 1 aromatic heterocycles. The average molecular weight is 239 g/mol. The highest BCUT2D eigenvalue weighted by molar-refractivity contribution is 7.99. The molecule has 0 aliphatic rings. The van der Waals surface area contributed by atoms with E-state index in [1.165, 1.54) is 11.8 Å². The minimum absolute atomic E-state index is 0.0389. The number of hydrogen-bond acceptors (Lipinski definition) is 4. The van der Waals surface area contributed by atoms with Gasteiger partial charge in [-0.05, 0) is 26.0 Å². The van der Waals surface area contributed by atoms with Crippen molar-refractivity contribution >= 4 is 17.6 Å². The largest absolute Gasteiger partial charge is 0.392 e. The zero-order valence-corrected chi connectivity index (χ0v) is 10.5. The van der Waals surface area contributed by atoms with Gasteiger partial charge in [0.25, 0.3) is 0 Å². The molecule has 0 amide bonds. The summed E-state index contributed by atoms with van der Waals surface area (Å²) in [5.41, 5.74) is 6.94. The molecule has 0 saturated heterocycles. The van der Waals surface area contributed by atoms with Gasteiger partial charge >= 0.3 is 0 Å². The highest BCUT2D eigenvalue weighted by Crippen LogP contribution is 2.24. The first-order chi connectivity index (χ1) is 7.40. The number of nitrogens with one attached hydrogen (secondary N) is 1. The van der Waals surface area contributed by atoms with Gasteiger partial charge < -0.3 is 10.8 Å². The number of amidine groups is 1. The normalized spacial score (nSPS) is 14.5. The van der Waals surface area contributed by atoms with Crippen LogP contribution in [0.2, 0.25) is 0 Å². The van der Waals surface area contributed by atoms with E-state index in [1.807, 2.05) is 13.8 Å². The number of nitrogen functional groups attached to an aromatic ring is 1. The van der Waals surface area contributed by atoms with Crippen LogP contribution in [0.25, 0.3) is 0 Å². The fourth-order valence-electron chi connectivity index (χ4n) is 1.14. The summed E-state index contributed by atoms with van der Waals surface area (Å²) in [7, 11) is 0. The van der Waals surface area contributed by atoms with Crippen LogP contribution in [0, 0.1) is 12.3 Å². The molecule has 0 aliphatic heterocycles. The minimum atomic E-state index is -0.395. The molecule has 0 fully saturated rings. The summed E-state index contributed by atoms with van der Waals surface area (Å²) in [4.78, 5) is 4.34. The molecule has 0 aliphatic carbocycles. The third-order valence-electron chi connectivity index (χ3n) is 2.23. The topological polar surface area (TPSA) is 83.0 Å². The van der Waals surface area contributed by atoms with Crippen LogP contribution in [-0.2, 0) is 0 Å². The van der Waals surface area contributed by atoms with Crippen LogP contribution < -0.4 is 5.73 Å². The molecule has 88 valence electrons. The van der Waals surface area contributed by atoms with E-state index in [0.717, 1.165) is 10.7 Å². The number of pyridine rings is 1. The number of aliphatic hydroxyl groups is 1. The fourth-order valence-corrected chi connectivity index (χ4v) is 2.11. The maximum Gasteiger partial charge on any atom is 0.122 e. The molecule has 1 heterocycles. The van der Waals surface area contributed by atoms with Crippen molar-refractivity contribution in [3.05, 3.63) is 23.4 Å². The number of nitrogens with two attached hydrogens (primary N) is 1. The zero-order valence-electron chi connectivity index (χ0n) is 9.69. The third-order valence-corrected chi connectivity index (χ3v) is 3.44. The second-order valence-corrected chi connectivity index (χ2v) is 5.21. The van der Waals surface area contributed by atoms with Crippen LogP contribution in [-0.4, -0.2) is 27.3 Å². The summed E-state index contributed by atoms with van der Waals surface area (Å²) < 4.78 is 0. The number of aromatic nitrogens is 1. The van der Waals surface area contributed by atoms with Gasteiger partial charge in [0.2, 0.25) is 0 Å². The van der Waals surface area contributed by atoms with Gasteiger partial charge in [-0.3, -0.25) is 5.41 Å². The van der Waals surface area contributed by atoms with Crippen molar-refractivity contribution < 1.29 is 5.11 Å². The molecule has 0 spiro atoms. The summed E-state index contributed by atoms with van der Waals surface area (Å²) in [6.07, 6.45) is -0.395. The van der Waals surface area contributed by atoms with Crippen LogP contribution in [0.3, 0.4) is 0 Å². The number of rotatable bonds is 4. The van der Waals surface area contributed by atoms with Gasteiger partial charge in [-0.25, -0.2) is 4.98 Å². The summed E-state index contributed by atoms with van der Waals surface area (Å²) in [6, 6.07) is 3.55. The van der Waals surface area contributed by atoms with E-state index >= 15 is 0 Å². The van der Waals surface area contributed by atoms with E-state index in [1.54, 1.807) is 19.1 Å². The second-order valence-electron chi connectivity index (χ2n) is 3.81. The molecule has 4 N–H and O–H groups in total. The Morgan fingerprint density at radius 2 is 2.12 bits per heavy atom. The lowest BCUT2D eigenvalue weighted by Crippen LogP contribution is -2.16. The Balaban J connectivity index is 2.92. The fraction of sp³-hybridized carbons (Fsp3) is 0.455. The Morgan fingerprint density at radius 3 is 2.62 bits per heavy atom. The van der Waals surface area contributed by atoms with Gasteiger partial charge in [-0.2, -0.15) is 0 Å². The maximum atomic E-state index is 9.41. The molecule has 0 aromatic carbocycles. The second kappa shape index (κ2) is 5.32. The van der Waals surface area contributed by atoms with Crippen LogP contribution in [0.15, 0.2) is 17.2 Å². The van der Waals surface area contributed by atoms with Crippen molar-refractivity contribution in [2.24, 2.45) is 5.73 Å². The number of aryl methyl sites for hydroxylation is 1. The van der Waals surface area contributed by atoms with E-state index in [2.05, 4.69) is 4.98 Å². The molecular formula is C11H17N3OS. The van der Waals surface area contributed by atoms with Crippen molar-refractivity contribution in [2.75, 3.05) is 0 Å². The molecular weight excluding hydrogens is 222 g/mol. The summed E-state index contributed by atoms with van der Waals surface area (Å²) in [5, 5.41) is 17.7. The number of nitrogens with zero attached hydrogens (tertiary/aromatic N) is 1. The molecule has 1 aromatic rings. The van der Waals surface area contributed by atoms with Crippen molar-refractivity contribution in [1.82, 2.24) is 4.98 Å². The predicted molar refractivity (Wildman–Crippen MR) is 67.0 cm³/mol. The molecule has 16 heavy (non-hydrogen) atoms. The molecule has 0 radical (unpaired) electrons. The molecule has 4 nitrogen and oxygen atoms in total. The Morgan fingerprint density at radius 1 is 1.50 bits per heavy atom. The lowest BCUT2D eigenvalue weighted by Gasteiger charge is -2.14. The molecule has 5 heteroatoms. The van der Waals surface area contributed by atoms with Gasteiger partial charge in [0.1, 0.15) is 5.84 Å². The summed E-state index contributed by atoms with van der Waals surface area (Å²) in [6.45, 7) is 5.55. The molecule has 1 rings (SSSR count). The SMILES string of the molecule is Cc1cc(C(=N)N)cc(SC(C)C(C)O)n1. The quantitative estimate of drug-likeness (QED) is 0.423. The van der Waals surface area contributed by atoms with Crippen LogP contribution >= 0.6 is 11.8 Å². The van der Waals surface area contributed by atoms with Crippen LogP contribution in [0.4, 0.5) is 0 Å². The third kappa shape index (κ3) is 3.50. The predicted octanol–water partition coefficient (Wildman–Crippen LogP) is 1.54. The van der Waals surface area contributed by atoms with Crippen molar-refractivity contribution in [1.29, 1.82) is 5.41 Å². The molecule has 0 bridgehead atoms. The highest BCUT2D eigenvalue weighted by atomic mass is 32.2. The average Bonchev–Trinajstić information content (AvgIpc) is 2.16. The van der Waals surface area contributed by atoms with E-state index < -0.39 is 6.10 Å². The first-order valence-corrected chi connectivity index (χ1v) is 5.96. The van der Waals surface area contributed by atoms with Crippen LogP contribution in [0.5, 0.6) is 0 Å². The Labute approximate surface area is 99.8 Å². The maximum absolute atomic E-state index is 9.41.